The van der Waals surface area contributed by atoms with Crippen LogP contribution in [0.2, 0.25) is 0 Å². The Hall–Kier alpha value is -2.96. The molecule has 0 bridgehead atoms. The Morgan fingerprint density at radius 3 is 2.48 bits per heavy atom. The average Bonchev–Trinajstić information content (AvgIpc) is 3.29. The largest absolute Gasteiger partial charge is 0.379 e. The number of pyridine rings is 1. The molecule has 1 aliphatic heterocycles. The summed E-state index contributed by atoms with van der Waals surface area (Å²) >= 11 is 0. The Morgan fingerprint density at radius 1 is 1.03 bits per heavy atom. The molecule has 0 spiro atoms. The van der Waals surface area contributed by atoms with Crippen LogP contribution >= 0.6 is 0 Å². The number of hydrogen-bond donors (Lipinski definition) is 1. The summed E-state index contributed by atoms with van der Waals surface area (Å²) in [5, 5.41) is 3.09. The zero-order valence-corrected chi connectivity index (χ0v) is 16.4. The average molecular weight is 390 g/mol. The maximum Gasteiger partial charge on any atom is 0.251 e. The maximum atomic E-state index is 12.7. The van der Waals surface area contributed by atoms with Gasteiger partial charge in [-0.2, -0.15) is 0 Å². The van der Waals surface area contributed by atoms with Crippen molar-refractivity contribution in [3.63, 3.8) is 0 Å². The van der Waals surface area contributed by atoms with Gasteiger partial charge in [-0.25, -0.2) is 0 Å². The van der Waals surface area contributed by atoms with Crippen molar-refractivity contribution in [3.8, 4) is 0 Å². The number of amides is 1. The molecule has 1 saturated heterocycles. The first kappa shape index (κ1) is 19.4. The summed E-state index contributed by atoms with van der Waals surface area (Å²) in [5.41, 5.74) is 2.80. The van der Waals surface area contributed by atoms with Gasteiger partial charge in [0, 0.05) is 50.3 Å². The second-order valence-electron chi connectivity index (χ2n) is 7.18. The molecule has 1 N–H and O–H groups in total. The van der Waals surface area contributed by atoms with Gasteiger partial charge in [0.1, 0.15) is 0 Å². The van der Waals surface area contributed by atoms with Crippen LogP contribution in [0.25, 0.3) is 0 Å². The molecule has 0 radical (unpaired) electrons. The van der Waals surface area contributed by atoms with Gasteiger partial charge in [-0.1, -0.05) is 18.2 Å². The third-order valence-electron chi connectivity index (χ3n) is 5.22. The van der Waals surface area contributed by atoms with E-state index in [2.05, 4.69) is 19.8 Å². The standard InChI is InChI=1S/C23H26N4O2/c28-23(20-8-6-19(7-9-20)18-26-11-3-4-12-26)25-17-22(21-5-1-2-10-24-21)27-13-15-29-16-14-27/h1-12,22H,13-18H2,(H,25,28). The highest BCUT2D eigenvalue weighted by Gasteiger charge is 2.24. The molecule has 1 fully saturated rings. The molecule has 1 aromatic carbocycles. The van der Waals surface area contributed by atoms with Crippen LogP contribution in [0.3, 0.4) is 0 Å². The van der Waals surface area contributed by atoms with Gasteiger partial charge in [-0.15, -0.1) is 0 Å². The normalized spacial score (nSPS) is 15.7. The smallest absolute Gasteiger partial charge is 0.251 e. The van der Waals surface area contributed by atoms with Crippen LogP contribution in [0.15, 0.2) is 73.2 Å². The molecule has 1 amide bonds. The van der Waals surface area contributed by atoms with E-state index in [1.54, 1.807) is 6.20 Å². The third-order valence-corrected chi connectivity index (χ3v) is 5.22. The lowest BCUT2D eigenvalue weighted by molar-refractivity contribution is 0.0154. The number of carbonyl (C=O) groups excluding carboxylic acids is 1. The van der Waals surface area contributed by atoms with Crippen molar-refractivity contribution in [1.29, 1.82) is 0 Å². The number of nitrogens with zero attached hydrogens (tertiary/aromatic N) is 3. The highest BCUT2D eigenvalue weighted by Crippen LogP contribution is 2.19. The topological polar surface area (TPSA) is 59.4 Å². The molecular weight excluding hydrogens is 364 g/mol. The Morgan fingerprint density at radius 2 is 1.79 bits per heavy atom. The van der Waals surface area contributed by atoms with Gasteiger partial charge in [0.25, 0.3) is 5.91 Å². The summed E-state index contributed by atoms with van der Waals surface area (Å²) in [6, 6.07) is 17.8. The molecule has 0 saturated carbocycles. The lowest BCUT2D eigenvalue weighted by Gasteiger charge is -2.34. The number of carbonyl (C=O) groups is 1. The Bertz CT molecular complexity index is 888. The highest BCUT2D eigenvalue weighted by molar-refractivity contribution is 5.94. The van der Waals surface area contributed by atoms with Gasteiger partial charge >= 0.3 is 0 Å². The van der Waals surface area contributed by atoms with E-state index in [4.69, 9.17) is 4.74 Å². The zero-order chi connectivity index (χ0) is 19.9. The molecule has 3 heterocycles. The van der Waals surface area contributed by atoms with Crippen LogP contribution in [0.1, 0.15) is 27.7 Å². The van der Waals surface area contributed by atoms with Crippen molar-refractivity contribution in [3.05, 3.63) is 90.0 Å². The predicted octanol–water partition coefficient (Wildman–Crippen LogP) is 2.73. The minimum Gasteiger partial charge on any atom is -0.379 e. The van der Waals surface area contributed by atoms with Crippen LogP contribution in [-0.2, 0) is 11.3 Å². The van der Waals surface area contributed by atoms with Crippen molar-refractivity contribution >= 4 is 5.91 Å². The van der Waals surface area contributed by atoms with Crippen LogP contribution in [0.4, 0.5) is 0 Å². The number of rotatable bonds is 7. The van der Waals surface area contributed by atoms with Crippen LogP contribution in [0, 0.1) is 0 Å². The van der Waals surface area contributed by atoms with Crippen molar-refractivity contribution in [2.45, 2.75) is 12.6 Å². The first-order valence-electron chi connectivity index (χ1n) is 10.0. The Balaban J connectivity index is 1.39. The van der Waals surface area contributed by atoms with Gasteiger partial charge in [-0.05, 0) is 42.0 Å². The van der Waals surface area contributed by atoms with E-state index in [1.165, 1.54) is 0 Å². The van der Waals surface area contributed by atoms with Crippen molar-refractivity contribution in [2.75, 3.05) is 32.8 Å². The minimum atomic E-state index is -0.0632. The summed E-state index contributed by atoms with van der Waals surface area (Å²) in [4.78, 5) is 19.6. The molecule has 2 aromatic heterocycles. The van der Waals surface area contributed by atoms with E-state index in [0.717, 1.165) is 30.9 Å². The number of morpholine rings is 1. The molecule has 3 aromatic rings. The van der Waals surface area contributed by atoms with Gasteiger partial charge < -0.3 is 14.6 Å². The molecule has 1 aliphatic rings. The van der Waals surface area contributed by atoms with Crippen LogP contribution in [0.5, 0.6) is 0 Å². The molecule has 150 valence electrons. The number of nitrogens with one attached hydrogen (secondary N) is 1. The maximum absolute atomic E-state index is 12.7. The third kappa shape index (κ3) is 5.10. The summed E-state index contributed by atoms with van der Waals surface area (Å²) in [6.45, 7) is 4.41. The van der Waals surface area contributed by atoms with Gasteiger partial charge in [0.2, 0.25) is 0 Å². The van der Waals surface area contributed by atoms with E-state index in [9.17, 15) is 4.79 Å². The fourth-order valence-electron chi connectivity index (χ4n) is 3.62. The van der Waals surface area contributed by atoms with Crippen molar-refractivity contribution in [1.82, 2.24) is 19.8 Å². The lowest BCUT2D eigenvalue weighted by Crippen LogP contribution is -2.44. The van der Waals surface area contributed by atoms with E-state index in [1.807, 2.05) is 67.0 Å². The van der Waals surface area contributed by atoms with Gasteiger partial charge in [0.05, 0.1) is 24.9 Å². The molecule has 1 atom stereocenters. The molecule has 29 heavy (non-hydrogen) atoms. The second-order valence-corrected chi connectivity index (χ2v) is 7.18. The zero-order valence-electron chi connectivity index (χ0n) is 16.4. The van der Waals surface area contributed by atoms with Gasteiger partial charge in [0.15, 0.2) is 0 Å². The molecule has 4 rings (SSSR count). The van der Waals surface area contributed by atoms with Crippen LogP contribution < -0.4 is 5.32 Å². The van der Waals surface area contributed by atoms with Crippen LogP contribution in [-0.4, -0.2) is 53.2 Å². The quantitative estimate of drug-likeness (QED) is 0.674. The predicted molar refractivity (Wildman–Crippen MR) is 112 cm³/mol. The SMILES string of the molecule is O=C(NCC(c1ccccn1)N1CCOCC1)c1ccc(Cn2cccc2)cc1. The number of benzene rings is 1. The summed E-state index contributed by atoms with van der Waals surface area (Å²) in [7, 11) is 0. The summed E-state index contributed by atoms with van der Waals surface area (Å²) < 4.78 is 7.58. The first-order valence-corrected chi connectivity index (χ1v) is 10.0. The fourth-order valence-corrected chi connectivity index (χ4v) is 3.62. The molecule has 1 unspecified atom stereocenters. The minimum absolute atomic E-state index is 0.0389. The van der Waals surface area contributed by atoms with Crippen molar-refractivity contribution < 1.29 is 9.53 Å². The highest BCUT2D eigenvalue weighted by atomic mass is 16.5. The fraction of sp³-hybridized carbons (Fsp3) is 0.304. The lowest BCUT2D eigenvalue weighted by atomic mass is 10.1. The number of ether oxygens (including phenoxy) is 1. The monoisotopic (exact) mass is 390 g/mol. The number of hydrogen-bond acceptors (Lipinski definition) is 4. The number of aromatic nitrogens is 2. The summed E-state index contributed by atoms with van der Waals surface area (Å²) in [6.07, 6.45) is 5.86. The molecule has 0 aliphatic carbocycles. The van der Waals surface area contributed by atoms with E-state index >= 15 is 0 Å². The summed E-state index contributed by atoms with van der Waals surface area (Å²) in [5.74, 6) is -0.0632. The van der Waals surface area contributed by atoms with Crippen molar-refractivity contribution in [2.24, 2.45) is 0 Å². The van der Waals surface area contributed by atoms with E-state index in [-0.39, 0.29) is 11.9 Å². The second kappa shape index (κ2) is 9.49. The Kier molecular flexibility index (Phi) is 6.34. The Labute approximate surface area is 171 Å². The van der Waals surface area contributed by atoms with Gasteiger partial charge in [-0.3, -0.25) is 14.7 Å². The first-order chi connectivity index (χ1) is 14.3. The van der Waals surface area contributed by atoms with E-state index in [0.29, 0.717) is 25.3 Å². The molecule has 6 heteroatoms. The van der Waals surface area contributed by atoms with E-state index < -0.39 is 0 Å². The molecule has 6 nitrogen and oxygen atoms in total. The molecular formula is C23H26N4O2.